The van der Waals surface area contributed by atoms with E-state index < -0.39 is 11.4 Å². The molecule has 0 atom stereocenters. The average Bonchev–Trinajstić information content (AvgIpc) is 3.00. The minimum atomic E-state index is -0.649. The second-order valence-electron chi connectivity index (χ2n) is 6.63. The van der Waals surface area contributed by atoms with E-state index >= 15 is 0 Å². The van der Waals surface area contributed by atoms with Crippen molar-refractivity contribution in [1.29, 1.82) is 0 Å². The van der Waals surface area contributed by atoms with Gasteiger partial charge in [0.1, 0.15) is 0 Å². The number of benzene rings is 1. The average molecular weight is 287 g/mol. The SMILES string of the molecule is O=C(O)C1(c2ccc(CN3CCCCC3)cc2)CCCC1. The van der Waals surface area contributed by atoms with Crippen LogP contribution in [0, 0.1) is 0 Å². The molecule has 1 aromatic carbocycles. The molecule has 1 saturated heterocycles. The lowest BCUT2D eigenvalue weighted by Crippen LogP contribution is -2.32. The van der Waals surface area contributed by atoms with Gasteiger partial charge in [0, 0.05) is 6.54 Å². The molecule has 0 aromatic heterocycles. The summed E-state index contributed by atoms with van der Waals surface area (Å²) in [6.45, 7) is 3.39. The molecule has 2 fully saturated rings. The van der Waals surface area contributed by atoms with Crippen LogP contribution >= 0.6 is 0 Å². The number of carboxylic acid groups (broad SMARTS) is 1. The smallest absolute Gasteiger partial charge is 0.314 e. The Morgan fingerprint density at radius 3 is 2.19 bits per heavy atom. The maximum absolute atomic E-state index is 11.7. The lowest BCUT2D eigenvalue weighted by atomic mass is 9.79. The van der Waals surface area contributed by atoms with Crippen LogP contribution in [0.15, 0.2) is 24.3 Å². The van der Waals surface area contributed by atoms with Gasteiger partial charge in [0.05, 0.1) is 5.41 Å². The minimum absolute atomic E-state index is 0.621. The first-order valence-corrected chi connectivity index (χ1v) is 8.26. The summed E-state index contributed by atoms with van der Waals surface area (Å²) in [6.07, 6.45) is 7.60. The summed E-state index contributed by atoms with van der Waals surface area (Å²) >= 11 is 0. The molecule has 3 rings (SSSR count). The highest BCUT2D eigenvalue weighted by Crippen LogP contribution is 2.41. The van der Waals surface area contributed by atoms with Gasteiger partial charge in [-0.05, 0) is 49.9 Å². The minimum Gasteiger partial charge on any atom is -0.481 e. The first-order valence-electron chi connectivity index (χ1n) is 8.26. The molecule has 114 valence electrons. The molecule has 21 heavy (non-hydrogen) atoms. The summed E-state index contributed by atoms with van der Waals surface area (Å²) in [5, 5.41) is 9.64. The zero-order valence-corrected chi connectivity index (χ0v) is 12.7. The molecular formula is C18H25NO2. The summed E-state index contributed by atoms with van der Waals surface area (Å²) in [5.74, 6) is -0.649. The van der Waals surface area contributed by atoms with Gasteiger partial charge < -0.3 is 5.11 Å². The Hall–Kier alpha value is -1.35. The van der Waals surface area contributed by atoms with E-state index in [9.17, 15) is 9.90 Å². The molecule has 3 heteroatoms. The van der Waals surface area contributed by atoms with Crippen molar-refractivity contribution in [3.63, 3.8) is 0 Å². The number of piperidine rings is 1. The van der Waals surface area contributed by atoms with Crippen LogP contribution in [0.3, 0.4) is 0 Å². The molecule has 1 aliphatic carbocycles. The van der Waals surface area contributed by atoms with E-state index in [0.717, 1.165) is 37.8 Å². The summed E-state index contributed by atoms with van der Waals surface area (Å²) in [7, 11) is 0. The van der Waals surface area contributed by atoms with Gasteiger partial charge in [-0.25, -0.2) is 0 Å². The lowest BCUT2D eigenvalue weighted by Gasteiger charge is -2.27. The molecule has 0 unspecified atom stereocenters. The van der Waals surface area contributed by atoms with Gasteiger partial charge in [0.25, 0.3) is 0 Å². The lowest BCUT2D eigenvalue weighted by molar-refractivity contribution is -0.143. The summed E-state index contributed by atoms with van der Waals surface area (Å²) in [5.41, 5.74) is 1.68. The molecule has 1 N–H and O–H groups in total. The fraction of sp³-hybridized carbons (Fsp3) is 0.611. The quantitative estimate of drug-likeness (QED) is 0.920. The van der Waals surface area contributed by atoms with Crippen LogP contribution in [-0.2, 0) is 16.8 Å². The maximum Gasteiger partial charge on any atom is 0.314 e. The standard InChI is InChI=1S/C18H25NO2/c20-17(21)18(10-2-3-11-18)16-8-6-15(7-9-16)14-19-12-4-1-5-13-19/h6-9H,1-5,10-14H2,(H,20,21). The van der Waals surface area contributed by atoms with Crippen molar-refractivity contribution < 1.29 is 9.90 Å². The van der Waals surface area contributed by atoms with E-state index in [1.54, 1.807) is 0 Å². The Balaban J connectivity index is 1.72. The zero-order valence-electron chi connectivity index (χ0n) is 12.7. The third-order valence-electron chi connectivity index (χ3n) is 5.23. The molecule has 0 bridgehead atoms. The molecule has 0 radical (unpaired) electrons. The van der Waals surface area contributed by atoms with Gasteiger partial charge in [-0.15, -0.1) is 0 Å². The normalized spacial score (nSPS) is 22.3. The molecule has 3 nitrogen and oxygen atoms in total. The van der Waals surface area contributed by atoms with Crippen molar-refractivity contribution in [2.75, 3.05) is 13.1 Å². The third-order valence-corrected chi connectivity index (χ3v) is 5.23. The molecule has 1 aliphatic heterocycles. The Morgan fingerprint density at radius 1 is 1.00 bits per heavy atom. The van der Waals surface area contributed by atoms with Gasteiger partial charge in [0.2, 0.25) is 0 Å². The van der Waals surface area contributed by atoms with Crippen molar-refractivity contribution in [2.45, 2.75) is 56.9 Å². The van der Waals surface area contributed by atoms with Gasteiger partial charge >= 0.3 is 5.97 Å². The molecule has 2 aliphatic rings. The third kappa shape index (κ3) is 2.98. The van der Waals surface area contributed by atoms with Gasteiger partial charge in [-0.3, -0.25) is 9.69 Å². The van der Waals surface area contributed by atoms with Crippen molar-refractivity contribution in [2.24, 2.45) is 0 Å². The van der Waals surface area contributed by atoms with E-state index in [-0.39, 0.29) is 0 Å². The summed E-state index contributed by atoms with van der Waals surface area (Å²) in [6, 6.07) is 8.37. The number of hydrogen-bond donors (Lipinski definition) is 1. The number of aliphatic carboxylic acids is 1. The topological polar surface area (TPSA) is 40.5 Å². The Labute approximate surface area is 127 Å². The van der Waals surface area contributed by atoms with Crippen molar-refractivity contribution in [1.82, 2.24) is 4.90 Å². The monoisotopic (exact) mass is 287 g/mol. The Bertz CT molecular complexity index is 482. The van der Waals surface area contributed by atoms with Crippen molar-refractivity contribution in [3.05, 3.63) is 35.4 Å². The highest BCUT2D eigenvalue weighted by atomic mass is 16.4. The first kappa shape index (κ1) is 14.6. The van der Waals surface area contributed by atoms with E-state index in [4.69, 9.17) is 0 Å². The maximum atomic E-state index is 11.7. The van der Waals surface area contributed by atoms with Crippen LogP contribution in [0.25, 0.3) is 0 Å². The number of rotatable bonds is 4. The van der Waals surface area contributed by atoms with Crippen LogP contribution in [0.4, 0.5) is 0 Å². The fourth-order valence-corrected chi connectivity index (χ4v) is 3.91. The molecular weight excluding hydrogens is 262 g/mol. The predicted octanol–water partition coefficient (Wildman–Crippen LogP) is 3.57. The summed E-state index contributed by atoms with van der Waals surface area (Å²) < 4.78 is 0. The first-order chi connectivity index (χ1) is 10.2. The molecule has 1 aromatic rings. The van der Waals surface area contributed by atoms with E-state index in [1.807, 2.05) is 0 Å². The van der Waals surface area contributed by atoms with Crippen LogP contribution in [0.1, 0.15) is 56.1 Å². The van der Waals surface area contributed by atoms with Crippen LogP contribution in [0.5, 0.6) is 0 Å². The molecule has 1 heterocycles. The van der Waals surface area contributed by atoms with E-state index in [0.29, 0.717) is 0 Å². The fourth-order valence-electron chi connectivity index (χ4n) is 3.91. The second-order valence-corrected chi connectivity index (χ2v) is 6.63. The highest BCUT2D eigenvalue weighted by molar-refractivity contribution is 5.81. The number of carbonyl (C=O) groups is 1. The highest BCUT2D eigenvalue weighted by Gasteiger charge is 2.42. The zero-order chi connectivity index (χ0) is 14.7. The van der Waals surface area contributed by atoms with Crippen LogP contribution < -0.4 is 0 Å². The van der Waals surface area contributed by atoms with Gasteiger partial charge in [-0.1, -0.05) is 43.5 Å². The van der Waals surface area contributed by atoms with Crippen LogP contribution in [-0.4, -0.2) is 29.1 Å². The largest absolute Gasteiger partial charge is 0.481 e. The van der Waals surface area contributed by atoms with Crippen molar-refractivity contribution >= 4 is 5.97 Å². The Morgan fingerprint density at radius 2 is 1.62 bits per heavy atom. The number of likely N-dealkylation sites (tertiary alicyclic amines) is 1. The van der Waals surface area contributed by atoms with Crippen molar-refractivity contribution in [3.8, 4) is 0 Å². The van der Waals surface area contributed by atoms with Gasteiger partial charge in [0.15, 0.2) is 0 Å². The number of carboxylic acids is 1. The number of nitrogens with zero attached hydrogens (tertiary/aromatic N) is 1. The Kier molecular flexibility index (Phi) is 4.29. The molecule has 0 amide bonds. The van der Waals surface area contributed by atoms with Gasteiger partial charge in [-0.2, -0.15) is 0 Å². The molecule has 0 spiro atoms. The van der Waals surface area contributed by atoms with E-state index in [1.165, 1.54) is 37.9 Å². The van der Waals surface area contributed by atoms with E-state index in [2.05, 4.69) is 29.2 Å². The number of hydrogen-bond acceptors (Lipinski definition) is 2. The molecule has 1 saturated carbocycles. The predicted molar refractivity (Wildman–Crippen MR) is 83.4 cm³/mol. The second kappa shape index (κ2) is 6.18. The van der Waals surface area contributed by atoms with Crippen LogP contribution in [0.2, 0.25) is 0 Å². The summed E-state index contributed by atoms with van der Waals surface area (Å²) in [4.78, 5) is 14.2.